The van der Waals surface area contributed by atoms with Gasteiger partial charge in [-0.3, -0.25) is 19.2 Å². The van der Waals surface area contributed by atoms with Crippen molar-refractivity contribution >= 4 is 35.7 Å². The van der Waals surface area contributed by atoms with Crippen LogP contribution in [0.25, 0.3) is 0 Å². The Hall–Kier alpha value is -3.18. The lowest BCUT2D eigenvalue weighted by Gasteiger charge is -2.41. The first-order chi connectivity index (χ1) is 13.0. The Balaban J connectivity index is 3.37. The van der Waals surface area contributed by atoms with Gasteiger partial charge in [-0.1, -0.05) is 0 Å². The van der Waals surface area contributed by atoms with Crippen molar-refractivity contribution < 1.29 is 47.8 Å². The molecule has 0 saturated carbocycles. The fraction of sp³-hybridized carbons (Fsp3) is 0.625. The Morgan fingerprint density at radius 3 is 1.93 bits per heavy atom. The molecule has 1 fully saturated rings. The zero-order valence-electron chi connectivity index (χ0n) is 16.0. The molecule has 0 aromatic rings. The standard InChI is InChI=1S/C16H22N2O10/c1-7(19)17-13-15(26-10(4)22)14(25-9(3)21)12(6-24-8(2)20)27-16(13)18-28-11(5)23/h12-15H,6H2,1-5H3,(H,17,19)/b18-16+/t12-,13+,14-,15-/m0/s1. The van der Waals surface area contributed by atoms with Crippen molar-refractivity contribution in [2.75, 3.05) is 6.61 Å². The molecule has 1 heterocycles. The van der Waals surface area contributed by atoms with Crippen LogP contribution in [-0.2, 0) is 47.8 Å². The van der Waals surface area contributed by atoms with Gasteiger partial charge in [-0.2, -0.15) is 0 Å². The summed E-state index contributed by atoms with van der Waals surface area (Å²) in [7, 11) is 0. The number of carbonyl (C=O) groups excluding carboxylic acids is 5. The van der Waals surface area contributed by atoms with Crippen LogP contribution in [-0.4, -0.2) is 66.6 Å². The van der Waals surface area contributed by atoms with Gasteiger partial charge in [0.1, 0.15) is 12.6 Å². The quantitative estimate of drug-likeness (QED) is 0.258. The lowest BCUT2D eigenvalue weighted by Crippen LogP contribution is -2.64. The molecule has 1 aliphatic heterocycles. The van der Waals surface area contributed by atoms with E-state index in [0.717, 1.165) is 27.7 Å². The first-order valence-electron chi connectivity index (χ1n) is 8.18. The van der Waals surface area contributed by atoms with Crippen molar-refractivity contribution in [1.82, 2.24) is 5.32 Å². The van der Waals surface area contributed by atoms with E-state index in [1.54, 1.807) is 0 Å². The summed E-state index contributed by atoms with van der Waals surface area (Å²) in [5.74, 6) is -3.80. The maximum absolute atomic E-state index is 11.6. The SMILES string of the molecule is CC(=O)N[C@H]1/C(=N\OC(C)=O)O[C@@H](COC(C)=O)[C@H](OC(C)=O)[C@H]1OC(C)=O. The minimum absolute atomic E-state index is 0.336. The van der Waals surface area contributed by atoms with Gasteiger partial charge in [0.25, 0.3) is 5.90 Å². The van der Waals surface area contributed by atoms with Crippen LogP contribution in [0.2, 0.25) is 0 Å². The van der Waals surface area contributed by atoms with E-state index in [0.29, 0.717) is 0 Å². The zero-order chi connectivity index (χ0) is 21.4. The number of oxime groups is 1. The van der Waals surface area contributed by atoms with Crippen LogP contribution < -0.4 is 5.32 Å². The number of nitrogens with one attached hydrogen (secondary N) is 1. The average molecular weight is 402 g/mol. The first kappa shape index (κ1) is 22.9. The largest absolute Gasteiger partial charge is 0.466 e. The van der Waals surface area contributed by atoms with Gasteiger partial charge >= 0.3 is 23.9 Å². The second-order valence-electron chi connectivity index (χ2n) is 5.80. The molecule has 0 spiro atoms. The van der Waals surface area contributed by atoms with E-state index in [1.807, 2.05) is 0 Å². The molecule has 1 aliphatic rings. The molecule has 0 aliphatic carbocycles. The summed E-state index contributed by atoms with van der Waals surface area (Å²) in [6.45, 7) is 5.25. The summed E-state index contributed by atoms with van der Waals surface area (Å²) in [4.78, 5) is 61.5. The van der Waals surface area contributed by atoms with Gasteiger partial charge in [0.05, 0.1) is 0 Å². The van der Waals surface area contributed by atoms with Gasteiger partial charge in [0.2, 0.25) is 5.91 Å². The molecular formula is C16H22N2O10. The van der Waals surface area contributed by atoms with Crippen molar-refractivity contribution in [2.45, 2.75) is 59.0 Å². The molecule has 1 saturated heterocycles. The highest BCUT2D eigenvalue weighted by atomic mass is 16.7. The normalized spacial score (nSPS) is 25.1. The molecule has 1 N–H and O–H groups in total. The topological polar surface area (TPSA) is 156 Å². The summed E-state index contributed by atoms with van der Waals surface area (Å²) in [5.41, 5.74) is 0. The molecule has 4 atom stereocenters. The lowest BCUT2D eigenvalue weighted by atomic mass is 9.96. The minimum atomic E-state index is -1.30. The molecule has 0 unspecified atom stereocenters. The Morgan fingerprint density at radius 2 is 1.46 bits per heavy atom. The predicted octanol–water partition coefficient (Wildman–Crippen LogP) is -0.807. The second kappa shape index (κ2) is 10.2. The summed E-state index contributed by atoms with van der Waals surface area (Å²) in [6, 6.07) is -1.24. The molecular weight excluding hydrogens is 380 g/mol. The smallest absolute Gasteiger partial charge is 0.332 e. The van der Waals surface area contributed by atoms with Crippen LogP contribution in [0.15, 0.2) is 5.16 Å². The lowest BCUT2D eigenvalue weighted by molar-refractivity contribution is -0.186. The Bertz CT molecular complexity index is 674. The Labute approximate surface area is 160 Å². The van der Waals surface area contributed by atoms with E-state index in [9.17, 15) is 24.0 Å². The third kappa shape index (κ3) is 7.21. The zero-order valence-corrected chi connectivity index (χ0v) is 16.0. The van der Waals surface area contributed by atoms with Crippen LogP contribution in [0, 0.1) is 0 Å². The van der Waals surface area contributed by atoms with Crippen LogP contribution >= 0.6 is 0 Å². The van der Waals surface area contributed by atoms with Crippen LogP contribution in [0.3, 0.4) is 0 Å². The monoisotopic (exact) mass is 402 g/mol. The Morgan fingerprint density at radius 1 is 0.893 bits per heavy atom. The van der Waals surface area contributed by atoms with E-state index in [1.165, 1.54) is 6.92 Å². The van der Waals surface area contributed by atoms with E-state index in [4.69, 9.17) is 18.9 Å². The molecule has 0 radical (unpaired) electrons. The molecule has 1 rings (SSSR count). The Kier molecular flexibility index (Phi) is 8.35. The number of ether oxygens (including phenoxy) is 4. The number of esters is 3. The van der Waals surface area contributed by atoms with Gasteiger partial charge in [0, 0.05) is 34.6 Å². The highest BCUT2D eigenvalue weighted by Gasteiger charge is 2.50. The van der Waals surface area contributed by atoms with Gasteiger partial charge in [-0.15, -0.1) is 0 Å². The van der Waals surface area contributed by atoms with Crippen molar-refractivity contribution in [1.29, 1.82) is 0 Å². The molecule has 0 bridgehead atoms. The summed E-state index contributed by atoms with van der Waals surface area (Å²) in [6.07, 6.45) is -3.71. The third-order valence-electron chi connectivity index (χ3n) is 3.23. The maximum Gasteiger partial charge on any atom is 0.332 e. The van der Waals surface area contributed by atoms with Crippen LogP contribution in [0.4, 0.5) is 0 Å². The number of amides is 1. The first-order valence-corrected chi connectivity index (χ1v) is 8.18. The van der Waals surface area contributed by atoms with E-state index < -0.39 is 60.7 Å². The maximum atomic E-state index is 11.6. The fourth-order valence-corrected chi connectivity index (χ4v) is 2.38. The minimum Gasteiger partial charge on any atom is -0.466 e. The fourth-order valence-electron chi connectivity index (χ4n) is 2.38. The summed E-state index contributed by atoms with van der Waals surface area (Å²) in [5, 5.41) is 5.96. The van der Waals surface area contributed by atoms with Crippen LogP contribution in [0.5, 0.6) is 0 Å². The molecule has 0 aromatic heterocycles. The molecule has 1 amide bonds. The van der Waals surface area contributed by atoms with Gasteiger partial charge in [-0.05, 0) is 5.16 Å². The van der Waals surface area contributed by atoms with Gasteiger partial charge in [0.15, 0.2) is 18.3 Å². The number of nitrogens with zero attached hydrogens (tertiary/aromatic N) is 1. The van der Waals surface area contributed by atoms with E-state index in [2.05, 4.69) is 15.3 Å². The third-order valence-corrected chi connectivity index (χ3v) is 3.23. The van der Waals surface area contributed by atoms with Crippen molar-refractivity contribution in [3.05, 3.63) is 0 Å². The average Bonchev–Trinajstić information content (AvgIpc) is 2.54. The number of hydrogen-bond donors (Lipinski definition) is 1. The summed E-state index contributed by atoms with van der Waals surface area (Å²) >= 11 is 0. The van der Waals surface area contributed by atoms with Gasteiger partial charge < -0.3 is 29.1 Å². The van der Waals surface area contributed by atoms with Crippen molar-refractivity contribution in [3.8, 4) is 0 Å². The van der Waals surface area contributed by atoms with Gasteiger partial charge in [-0.25, -0.2) is 4.79 Å². The van der Waals surface area contributed by atoms with E-state index >= 15 is 0 Å². The second-order valence-corrected chi connectivity index (χ2v) is 5.80. The molecule has 12 heteroatoms. The molecule has 28 heavy (non-hydrogen) atoms. The van der Waals surface area contributed by atoms with Crippen LogP contribution in [0.1, 0.15) is 34.6 Å². The molecule has 156 valence electrons. The van der Waals surface area contributed by atoms with Crippen molar-refractivity contribution in [2.24, 2.45) is 5.16 Å². The highest BCUT2D eigenvalue weighted by molar-refractivity contribution is 5.89. The van der Waals surface area contributed by atoms with E-state index in [-0.39, 0.29) is 5.90 Å². The number of carbonyl (C=O) groups is 5. The molecule has 12 nitrogen and oxygen atoms in total. The highest BCUT2D eigenvalue weighted by Crippen LogP contribution is 2.25. The number of hydrogen-bond acceptors (Lipinski definition) is 11. The predicted molar refractivity (Wildman–Crippen MR) is 89.4 cm³/mol. The van der Waals surface area contributed by atoms with Crippen molar-refractivity contribution in [3.63, 3.8) is 0 Å². The summed E-state index contributed by atoms with van der Waals surface area (Å²) < 4.78 is 20.8. The molecule has 0 aromatic carbocycles. The number of rotatable bonds is 6.